The molecule has 2 rings (SSSR count). The monoisotopic (exact) mass is 233 g/mol. The van der Waals surface area contributed by atoms with Gasteiger partial charge in [-0.15, -0.1) is 0 Å². The molecule has 1 amide bonds. The van der Waals surface area contributed by atoms with Gasteiger partial charge in [0.1, 0.15) is 0 Å². The topological polar surface area (TPSA) is 53.2 Å². The van der Waals surface area contributed by atoms with Crippen molar-refractivity contribution < 1.29 is 4.79 Å². The molecule has 0 aromatic heterocycles. The van der Waals surface area contributed by atoms with Crippen LogP contribution in [0.2, 0.25) is 0 Å². The molecule has 0 aliphatic carbocycles. The van der Waals surface area contributed by atoms with Gasteiger partial charge in [-0.1, -0.05) is 24.3 Å². The highest BCUT2D eigenvalue weighted by Gasteiger charge is 2.19. The average molecular weight is 233 g/mol. The van der Waals surface area contributed by atoms with E-state index in [4.69, 9.17) is 0 Å². The van der Waals surface area contributed by atoms with E-state index in [2.05, 4.69) is 28.9 Å². The molecule has 0 saturated carbocycles. The highest BCUT2D eigenvalue weighted by Crippen LogP contribution is 2.06. The highest BCUT2D eigenvalue weighted by atomic mass is 16.2. The third-order valence-corrected chi connectivity index (χ3v) is 3.07. The molecule has 17 heavy (non-hydrogen) atoms. The van der Waals surface area contributed by atoms with E-state index in [-0.39, 0.29) is 11.9 Å². The van der Waals surface area contributed by atoms with Gasteiger partial charge < -0.3 is 16.0 Å². The molecule has 1 aliphatic heterocycles. The Bertz CT molecular complexity index is 386. The number of carbonyl (C=O) groups excluding carboxylic acids is 1. The van der Waals surface area contributed by atoms with E-state index in [1.54, 1.807) is 0 Å². The van der Waals surface area contributed by atoms with Crippen molar-refractivity contribution in [2.24, 2.45) is 0 Å². The van der Waals surface area contributed by atoms with E-state index in [1.165, 1.54) is 11.1 Å². The molecule has 0 bridgehead atoms. The van der Waals surface area contributed by atoms with Crippen molar-refractivity contribution in [3.8, 4) is 0 Å². The van der Waals surface area contributed by atoms with E-state index in [1.807, 2.05) is 18.2 Å². The van der Waals surface area contributed by atoms with Gasteiger partial charge in [-0.3, -0.25) is 4.79 Å². The largest absolute Gasteiger partial charge is 0.351 e. The van der Waals surface area contributed by atoms with Crippen molar-refractivity contribution in [3.05, 3.63) is 35.4 Å². The number of nitrogens with one attached hydrogen (secondary N) is 3. The van der Waals surface area contributed by atoms with Gasteiger partial charge in [-0.25, -0.2) is 0 Å². The van der Waals surface area contributed by atoms with E-state index < -0.39 is 0 Å². The lowest BCUT2D eigenvalue weighted by molar-refractivity contribution is -0.123. The Balaban J connectivity index is 1.85. The molecule has 0 spiro atoms. The van der Waals surface area contributed by atoms with Crippen LogP contribution >= 0.6 is 0 Å². The minimum absolute atomic E-state index is 0.0699. The second kappa shape index (κ2) is 5.80. The van der Waals surface area contributed by atoms with Gasteiger partial charge >= 0.3 is 0 Å². The van der Waals surface area contributed by atoms with Gasteiger partial charge in [-0.05, 0) is 18.1 Å². The Morgan fingerprint density at radius 2 is 2.24 bits per heavy atom. The molecule has 1 atom stereocenters. The predicted molar refractivity (Wildman–Crippen MR) is 67.7 cm³/mol. The SMILES string of the molecule is Cc1ccccc1CNC(=O)C1CNCCN1. The first kappa shape index (κ1) is 12.1. The van der Waals surface area contributed by atoms with Crippen molar-refractivity contribution in [3.63, 3.8) is 0 Å². The zero-order valence-corrected chi connectivity index (χ0v) is 10.1. The first-order chi connectivity index (χ1) is 8.27. The van der Waals surface area contributed by atoms with Crippen LogP contribution in [-0.2, 0) is 11.3 Å². The number of hydrogen-bond acceptors (Lipinski definition) is 3. The Morgan fingerprint density at radius 1 is 1.41 bits per heavy atom. The van der Waals surface area contributed by atoms with Gasteiger partial charge in [0, 0.05) is 26.2 Å². The van der Waals surface area contributed by atoms with Gasteiger partial charge in [0.2, 0.25) is 5.91 Å². The molecule has 1 aliphatic rings. The zero-order chi connectivity index (χ0) is 12.1. The lowest BCUT2D eigenvalue weighted by Gasteiger charge is -2.23. The number of piperazine rings is 1. The van der Waals surface area contributed by atoms with Gasteiger partial charge in [0.05, 0.1) is 6.04 Å². The molecular formula is C13H19N3O. The molecule has 0 radical (unpaired) electrons. The summed E-state index contributed by atoms with van der Waals surface area (Å²) in [7, 11) is 0. The van der Waals surface area contributed by atoms with Crippen molar-refractivity contribution in [2.75, 3.05) is 19.6 Å². The molecule has 1 aromatic rings. The van der Waals surface area contributed by atoms with Crippen LogP contribution < -0.4 is 16.0 Å². The Hall–Kier alpha value is -1.39. The molecule has 4 heteroatoms. The van der Waals surface area contributed by atoms with Crippen LogP contribution in [0.3, 0.4) is 0 Å². The molecule has 1 saturated heterocycles. The second-order valence-corrected chi connectivity index (χ2v) is 4.36. The summed E-state index contributed by atoms with van der Waals surface area (Å²) in [6.07, 6.45) is 0. The van der Waals surface area contributed by atoms with E-state index >= 15 is 0 Å². The van der Waals surface area contributed by atoms with Gasteiger partial charge in [-0.2, -0.15) is 0 Å². The summed E-state index contributed by atoms with van der Waals surface area (Å²) in [4.78, 5) is 11.9. The number of amides is 1. The maximum atomic E-state index is 11.9. The summed E-state index contributed by atoms with van der Waals surface area (Å²) >= 11 is 0. The number of carbonyl (C=O) groups is 1. The van der Waals surface area contributed by atoms with Crippen LogP contribution in [0.4, 0.5) is 0 Å². The standard InChI is InChI=1S/C13H19N3O/c1-10-4-2-3-5-11(10)8-16-13(17)12-9-14-6-7-15-12/h2-5,12,14-15H,6-9H2,1H3,(H,16,17). The zero-order valence-electron chi connectivity index (χ0n) is 10.1. The minimum atomic E-state index is -0.104. The molecule has 1 unspecified atom stereocenters. The Morgan fingerprint density at radius 3 is 2.94 bits per heavy atom. The normalized spacial score (nSPS) is 19.9. The summed E-state index contributed by atoms with van der Waals surface area (Å²) in [5, 5.41) is 9.37. The second-order valence-electron chi connectivity index (χ2n) is 4.36. The number of rotatable bonds is 3. The molecule has 1 heterocycles. The fourth-order valence-electron chi connectivity index (χ4n) is 1.95. The van der Waals surface area contributed by atoms with Gasteiger partial charge in [0.15, 0.2) is 0 Å². The first-order valence-electron chi connectivity index (χ1n) is 6.03. The van der Waals surface area contributed by atoms with Crippen LogP contribution in [0.5, 0.6) is 0 Å². The van der Waals surface area contributed by atoms with Crippen molar-refractivity contribution in [2.45, 2.75) is 19.5 Å². The van der Waals surface area contributed by atoms with Gasteiger partial charge in [0.25, 0.3) is 0 Å². The van der Waals surface area contributed by atoms with Crippen molar-refractivity contribution in [1.82, 2.24) is 16.0 Å². The molecule has 1 fully saturated rings. The van der Waals surface area contributed by atoms with E-state index in [9.17, 15) is 4.79 Å². The quantitative estimate of drug-likeness (QED) is 0.698. The molecule has 92 valence electrons. The lowest BCUT2D eigenvalue weighted by atomic mass is 10.1. The summed E-state index contributed by atoms with van der Waals surface area (Å²) in [6.45, 7) is 5.15. The lowest BCUT2D eigenvalue weighted by Crippen LogP contribution is -2.55. The highest BCUT2D eigenvalue weighted by molar-refractivity contribution is 5.82. The Labute approximate surface area is 102 Å². The average Bonchev–Trinajstić information content (AvgIpc) is 2.38. The maximum Gasteiger partial charge on any atom is 0.238 e. The summed E-state index contributed by atoms with van der Waals surface area (Å²) in [5.41, 5.74) is 2.38. The van der Waals surface area contributed by atoms with Crippen LogP contribution in [0.15, 0.2) is 24.3 Å². The summed E-state index contributed by atoms with van der Waals surface area (Å²) in [5.74, 6) is 0.0699. The van der Waals surface area contributed by atoms with E-state index in [0.29, 0.717) is 13.1 Å². The smallest absolute Gasteiger partial charge is 0.238 e. The molecular weight excluding hydrogens is 214 g/mol. The number of aryl methyl sites for hydroxylation is 1. The van der Waals surface area contributed by atoms with Crippen LogP contribution in [0.1, 0.15) is 11.1 Å². The fraction of sp³-hybridized carbons (Fsp3) is 0.462. The van der Waals surface area contributed by atoms with Crippen LogP contribution in [0, 0.1) is 6.92 Å². The summed E-state index contributed by atoms with van der Waals surface area (Å²) < 4.78 is 0. The van der Waals surface area contributed by atoms with Crippen molar-refractivity contribution in [1.29, 1.82) is 0 Å². The third-order valence-electron chi connectivity index (χ3n) is 3.07. The molecule has 3 N–H and O–H groups in total. The van der Waals surface area contributed by atoms with E-state index in [0.717, 1.165) is 13.1 Å². The maximum absolute atomic E-state index is 11.9. The minimum Gasteiger partial charge on any atom is -0.351 e. The molecule has 4 nitrogen and oxygen atoms in total. The van der Waals surface area contributed by atoms with Crippen LogP contribution in [0.25, 0.3) is 0 Å². The number of hydrogen-bond donors (Lipinski definition) is 3. The predicted octanol–water partition coefficient (Wildman–Crippen LogP) is 0.173. The summed E-state index contributed by atoms with van der Waals surface area (Å²) in [6, 6.07) is 8.00. The Kier molecular flexibility index (Phi) is 4.12. The third kappa shape index (κ3) is 3.28. The first-order valence-corrected chi connectivity index (χ1v) is 6.03. The van der Waals surface area contributed by atoms with Crippen molar-refractivity contribution >= 4 is 5.91 Å². The molecule has 1 aromatic carbocycles. The number of benzene rings is 1. The fourth-order valence-corrected chi connectivity index (χ4v) is 1.95. The van der Waals surface area contributed by atoms with Crippen LogP contribution in [-0.4, -0.2) is 31.6 Å².